The number of thiazole rings is 1. The fraction of sp³-hybridized carbons (Fsp3) is 0. The lowest BCUT2D eigenvalue weighted by Gasteiger charge is -2.03. The summed E-state index contributed by atoms with van der Waals surface area (Å²) in [6.07, 6.45) is 1.45. The maximum Gasteiger partial charge on any atom is 0.292 e. The molecule has 2 N–H and O–H groups in total. The van der Waals surface area contributed by atoms with Crippen LogP contribution in [0.25, 0.3) is 32.8 Å². The second-order valence-corrected chi connectivity index (χ2v) is 7.52. The molecule has 0 atom stereocenters. The normalized spacial score (nSPS) is 10.9. The van der Waals surface area contributed by atoms with Gasteiger partial charge in [0.15, 0.2) is 5.76 Å². The van der Waals surface area contributed by atoms with E-state index >= 15 is 0 Å². The Morgan fingerprint density at radius 3 is 2.60 bits per heavy atom. The summed E-state index contributed by atoms with van der Waals surface area (Å²) in [4.78, 5) is 17.3. The summed E-state index contributed by atoms with van der Waals surface area (Å²) in [5, 5.41) is 13.3. The van der Waals surface area contributed by atoms with Gasteiger partial charge in [0.1, 0.15) is 21.3 Å². The highest BCUT2D eigenvalue weighted by atomic mass is 32.1. The summed E-state index contributed by atoms with van der Waals surface area (Å²) in [6, 6.07) is 22.3. The lowest BCUT2D eigenvalue weighted by Crippen LogP contribution is -2.10. The van der Waals surface area contributed by atoms with Gasteiger partial charge in [0.05, 0.1) is 11.8 Å². The first-order valence-electron chi connectivity index (χ1n) is 9.18. The van der Waals surface area contributed by atoms with Crippen LogP contribution < -0.4 is 10.9 Å². The van der Waals surface area contributed by atoms with Crippen molar-refractivity contribution in [3.8, 4) is 21.8 Å². The van der Waals surface area contributed by atoms with Crippen molar-refractivity contribution >= 4 is 33.2 Å². The Morgan fingerprint density at radius 2 is 1.80 bits per heavy atom. The molecule has 0 aliphatic carbocycles. The summed E-state index contributed by atoms with van der Waals surface area (Å²) in [6.45, 7) is 0. The lowest BCUT2D eigenvalue weighted by atomic mass is 10.1. The molecule has 3 heterocycles. The van der Waals surface area contributed by atoms with E-state index in [0.717, 1.165) is 10.9 Å². The highest BCUT2D eigenvalue weighted by Gasteiger charge is 2.20. The van der Waals surface area contributed by atoms with Gasteiger partial charge in [-0.05, 0) is 24.3 Å². The number of anilines is 1. The van der Waals surface area contributed by atoms with Crippen molar-refractivity contribution < 1.29 is 13.6 Å². The molecule has 3 aromatic heterocycles. The average molecular weight is 413 g/mol. The van der Waals surface area contributed by atoms with Crippen LogP contribution in [0.3, 0.4) is 0 Å². The van der Waals surface area contributed by atoms with Crippen molar-refractivity contribution in [2.24, 2.45) is 0 Å². The molecule has 2 aromatic carbocycles. The number of hydrogen-bond donors (Lipinski definition) is 2. The van der Waals surface area contributed by atoms with Crippen LogP contribution >= 0.6 is 11.3 Å². The Balaban J connectivity index is 1.63. The van der Waals surface area contributed by atoms with Crippen molar-refractivity contribution in [2.75, 3.05) is 5.32 Å². The molecule has 5 rings (SSSR count). The molecule has 7 heteroatoms. The highest BCUT2D eigenvalue weighted by Crippen LogP contribution is 2.37. The number of hydrogen-bond acceptors (Lipinski definition) is 6. The zero-order valence-electron chi connectivity index (χ0n) is 15.6. The van der Waals surface area contributed by atoms with Gasteiger partial charge in [-0.2, -0.15) is 0 Å². The third kappa shape index (κ3) is 3.31. The minimum Gasteiger partial charge on any atom is -0.459 e. The Morgan fingerprint density at radius 1 is 1.00 bits per heavy atom. The summed E-state index contributed by atoms with van der Waals surface area (Å²) >= 11 is 1.29. The number of furan rings is 1. The Hall–Kier alpha value is -3.97. The first-order chi connectivity index (χ1) is 14.7. The van der Waals surface area contributed by atoms with E-state index in [0.29, 0.717) is 26.8 Å². The minimum absolute atomic E-state index is 0.0194. The van der Waals surface area contributed by atoms with Gasteiger partial charge < -0.3 is 14.2 Å². The fourth-order valence-corrected chi connectivity index (χ4v) is 4.12. The molecule has 0 radical (unpaired) electrons. The molecular formula is C23H15N3O3S. The molecule has 5 aromatic rings. The standard InChI is InChI=1S/C23H15N3O3S/c24-20-16(13-15-9-4-5-10-17(15)29-20)22-25-19(14-7-2-1-3-8-14)23(30-22)26-21(27)18-11-6-12-28-18/h1-13,24H,(H,26,27). The maximum atomic E-state index is 12.6. The maximum absolute atomic E-state index is 12.6. The van der Waals surface area contributed by atoms with E-state index < -0.39 is 0 Å². The molecule has 0 fully saturated rings. The van der Waals surface area contributed by atoms with Gasteiger partial charge in [0, 0.05) is 10.9 Å². The van der Waals surface area contributed by atoms with E-state index in [1.165, 1.54) is 17.6 Å². The van der Waals surface area contributed by atoms with Gasteiger partial charge in [-0.25, -0.2) is 4.98 Å². The molecule has 0 saturated carbocycles. The van der Waals surface area contributed by atoms with Gasteiger partial charge in [0.2, 0.25) is 5.55 Å². The number of para-hydroxylation sites is 1. The second kappa shape index (κ2) is 7.46. The lowest BCUT2D eigenvalue weighted by molar-refractivity contribution is 0.0997. The molecule has 0 saturated heterocycles. The van der Waals surface area contributed by atoms with Gasteiger partial charge >= 0.3 is 0 Å². The average Bonchev–Trinajstić information content (AvgIpc) is 3.44. The van der Waals surface area contributed by atoms with Gasteiger partial charge in [-0.1, -0.05) is 59.9 Å². The number of rotatable bonds is 4. The molecule has 0 aliphatic heterocycles. The quantitative estimate of drug-likeness (QED) is 0.404. The number of nitrogens with one attached hydrogen (secondary N) is 2. The Kier molecular flexibility index (Phi) is 4.49. The molecule has 30 heavy (non-hydrogen) atoms. The molecule has 0 spiro atoms. The van der Waals surface area contributed by atoms with Gasteiger partial charge in [-0.15, -0.1) is 0 Å². The van der Waals surface area contributed by atoms with E-state index in [4.69, 9.17) is 19.2 Å². The van der Waals surface area contributed by atoms with Crippen LogP contribution in [0, 0.1) is 5.41 Å². The SMILES string of the molecule is N=c1oc2ccccc2cc1-c1nc(-c2ccccc2)c(NC(=O)c2ccco2)s1. The van der Waals surface area contributed by atoms with Crippen LogP contribution in [-0.2, 0) is 0 Å². The van der Waals surface area contributed by atoms with Crippen LogP contribution in [0.5, 0.6) is 0 Å². The number of aromatic nitrogens is 1. The Bertz CT molecular complexity index is 1400. The molecule has 1 amide bonds. The topological polar surface area (TPSA) is 92.1 Å². The molecule has 0 aliphatic rings. The van der Waals surface area contributed by atoms with Crippen LogP contribution in [-0.4, -0.2) is 10.9 Å². The van der Waals surface area contributed by atoms with Crippen molar-refractivity contribution in [3.63, 3.8) is 0 Å². The summed E-state index contributed by atoms with van der Waals surface area (Å²) in [7, 11) is 0. The molecule has 0 bridgehead atoms. The zero-order chi connectivity index (χ0) is 20.5. The van der Waals surface area contributed by atoms with Crippen LogP contribution in [0.2, 0.25) is 0 Å². The highest BCUT2D eigenvalue weighted by molar-refractivity contribution is 7.19. The van der Waals surface area contributed by atoms with Gasteiger partial charge in [0.25, 0.3) is 5.91 Å². The number of fused-ring (bicyclic) bond motifs is 1. The van der Waals surface area contributed by atoms with E-state index in [2.05, 4.69) is 5.32 Å². The van der Waals surface area contributed by atoms with E-state index in [1.54, 1.807) is 12.1 Å². The second-order valence-electron chi connectivity index (χ2n) is 6.52. The van der Waals surface area contributed by atoms with Crippen molar-refractivity contribution in [2.45, 2.75) is 0 Å². The van der Waals surface area contributed by atoms with E-state index in [1.807, 2.05) is 60.7 Å². The number of nitrogens with zero attached hydrogens (tertiary/aromatic N) is 1. The van der Waals surface area contributed by atoms with Crippen molar-refractivity contribution in [1.82, 2.24) is 4.98 Å². The van der Waals surface area contributed by atoms with Crippen molar-refractivity contribution in [3.05, 3.63) is 90.4 Å². The van der Waals surface area contributed by atoms with Crippen LogP contribution in [0.1, 0.15) is 10.6 Å². The van der Waals surface area contributed by atoms with Crippen LogP contribution in [0.15, 0.2) is 87.9 Å². The van der Waals surface area contributed by atoms with E-state index in [9.17, 15) is 4.79 Å². The predicted octanol–water partition coefficient (Wildman–Crippen LogP) is 5.55. The smallest absolute Gasteiger partial charge is 0.292 e. The van der Waals surface area contributed by atoms with Crippen molar-refractivity contribution in [1.29, 1.82) is 5.41 Å². The van der Waals surface area contributed by atoms with E-state index in [-0.39, 0.29) is 17.2 Å². The minimum atomic E-state index is -0.360. The predicted molar refractivity (Wildman–Crippen MR) is 115 cm³/mol. The van der Waals surface area contributed by atoms with Crippen LogP contribution in [0.4, 0.5) is 5.00 Å². The monoisotopic (exact) mass is 413 g/mol. The number of carbonyl (C=O) groups is 1. The molecule has 146 valence electrons. The molecule has 0 unspecified atom stereocenters. The number of benzene rings is 2. The number of carbonyl (C=O) groups excluding carboxylic acids is 1. The molecule has 6 nitrogen and oxygen atoms in total. The third-order valence-corrected chi connectivity index (χ3v) is 5.56. The van der Waals surface area contributed by atoms with Gasteiger partial charge in [-0.3, -0.25) is 10.2 Å². The summed E-state index contributed by atoms with van der Waals surface area (Å²) in [5.74, 6) is -0.146. The first-order valence-corrected chi connectivity index (χ1v) is 9.99. The summed E-state index contributed by atoms with van der Waals surface area (Å²) in [5.41, 5.74) is 2.71. The summed E-state index contributed by atoms with van der Waals surface area (Å²) < 4.78 is 10.9. The molecular weight excluding hydrogens is 398 g/mol. The largest absolute Gasteiger partial charge is 0.459 e. The zero-order valence-corrected chi connectivity index (χ0v) is 16.4. The first kappa shape index (κ1) is 18.1. The third-order valence-electron chi connectivity index (χ3n) is 4.55. The Labute approximate surface area is 175 Å². The fourth-order valence-electron chi connectivity index (χ4n) is 3.12. The number of amides is 1.